The molecule has 6 heteroatoms. The summed E-state index contributed by atoms with van der Waals surface area (Å²) in [5.41, 5.74) is 0.895. The van der Waals surface area contributed by atoms with E-state index >= 15 is 0 Å². The van der Waals surface area contributed by atoms with Crippen LogP contribution in [-0.4, -0.2) is 32.2 Å². The van der Waals surface area contributed by atoms with Crippen LogP contribution in [0.4, 0.5) is 0 Å². The predicted octanol–water partition coefficient (Wildman–Crippen LogP) is 1.56. The van der Waals surface area contributed by atoms with Crippen LogP contribution in [0.5, 0.6) is 0 Å². The molecule has 0 N–H and O–H groups in total. The Bertz CT molecular complexity index is 523. The van der Waals surface area contributed by atoms with E-state index in [-0.39, 0.29) is 18.2 Å². The molecule has 0 spiro atoms. The maximum atomic E-state index is 11.9. The zero-order valence-corrected chi connectivity index (χ0v) is 11.0. The standard InChI is InChI=1S/C11H13ClN2O2S/c1-14(7-6-12)17(15,16)9-11-5-3-2-4-10(11)8-13/h2-5H,6-7,9H2,1H3. The lowest BCUT2D eigenvalue weighted by Gasteiger charge is -2.16. The van der Waals surface area contributed by atoms with Gasteiger partial charge in [0.05, 0.1) is 17.4 Å². The van der Waals surface area contributed by atoms with E-state index in [1.54, 1.807) is 24.3 Å². The van der Waals surface area contributed by atoms with Crippen LogP contribution in [0.3, 0.4) is 0 Å². The van der Waals surface area contributed by atoms with E-state index in [9.17, 15) is 8.42 Å². The second-order valence-corrected chi connectivity index (χ2v) is 5.99. The molecule has 1 aromatic carbocycles. The molecule has 0 aliphatic heterocycles. The summed E-state index contributed by atoms with van der Waals surface area (Å²) < 4.78 is 25.0. The molecule has 4 nitrogen and oxygen atoms in total. The van der Waals surface area contributed by atoms with Gasteiger partial charge < -0.3 is 0 Å². The van der Waals surface area contributed by atoms with Crippen LogP contribution < -0.4 is 0 Å². The Labute approximate surface area is 106 Å². The fourth-order valence-electron chi connectivity index (χ4n) is 1.32. The van der Waals surface area contributed by atoms with E-state index in [4.69, 9.17) is 16.9 Å². The van der Waals surface area contributed by atoms with E-state index in [1.165, 1.54) is 11.4 Å². The van der Waals surface area contributed by atoms with Gasteiger partial charge in [0.1, 0.15) is 0 Å². The van der Waals surface area contributed by atoms with Crippen molar-refractivity contribution in [3.05, 3.63) is 35.4 Å². The molecule has 0 bridgehead atoms. The molecule has 0 amide bonds. The molecule has 0 aromatic heterocycles. The van der Waals surface area contributed by atoms with E-state index in [2.05, 4.69) is 0 Å². The van der Waals surface area contributed by atoms with Crippen LogP contribution in [0.2, 0.25) is 0 Å². The fourth-order valence-corrected chi connectivity index (χ4v) is 2.91. The third-order valence-electron chi connectivity index (χ3n) is 2.35. The first-order valence-electron chi connectivity index (χ1n) is 4.99. The largest absolute Gasteiger partial charge is 0.218 e. The quantitative estimate of drug-likeness (QED) is 0.764. The molecule has 0 radical (unpaired) electrons. The number of sulfonamides is 1. The topological polar surface area (TPSA) is 61.2 Å². The van der Waals surface area contributed by atoms with Crippen LogP contribution in [0.25, 0.3) is 0 Å². The minimum atomic E-state index is -3.41. The summed E-state index contributed by atoms with van der Waals surface area (Å²) in [5, 5.41) is 8.88. The summed E-state index contributed by atoms with van der Waals surface area (Å²) in [4.78, 5) is 0. The van der Waals surface area contributed by atoms with Gasteiger partial charge in [0.15, 0.2) is 0 Å². The van der Waals surface area contributed by atoms with Gasteiger partial charge in [-0.05, 0) is 11.6 Å². The van der Waals surface area contributed by atoms with Crippen molar-refractivity contribution in [2.75, 3.05) is 19.5 Å². The molecule has 0 saturated heterocycles. The Kier molecular flexibility index (Phi) is 4.94. The molecule has 0 fully saturated rings. The third kappa shape index (κ3) is 3.70. The van der Waals surface area contributed by atoms with Crippen molar-refractivity contribution in [2.45, 2.75) is 5.75 Å². The summed E-state index contributed by atoms with van der Waals surface area (Å²) in [6, 6.07) is 8.65. The normalized spacial score (nSPS) is 11.4. The molecule has 0 heterocycles. The van der Waals surface area contributed by atoms with Crippen LogP contribution in [0.1, 0.15) is 11.1 Å². The maximum Gasteiger partial charge on any atom is 0.218 e. The number of halogens is 1. The lowest BCUT2D eigenvalue weighted by atomic mass is 10.1. The first-order chi connectivity index (χ1) is 8.01. The van der Waals surface area contributed by atoms with E-state index in [0.29, 0.717) is 11.1 Å². The highest BCUT2D eigenvalue weighted by Crippen LogP contribution is 2.13. The molecule has 0 unspecified atom stereocenters. The fraction of sp³-hybridized carbons (Fsp3) is 0.364. The van der Waals surface area contributed by atoms with Gasteiger partial charge in [0.2, 0.25) is 10.0 Å². The summed E-state index contributed by atoms with van der Waals surface area (Å²) in [7, 11) is -1.93. The van der Waals surface area contributed by atoms with Crippen molar-refractivity contribution >= 4 is 21.6 Å². The zero-order chi connectivity index (χ0) is 12.9. The van der Waals surface area contributed by atoms with Crippen LogP contribution in [-0.2, 0) is 15.8 Å². The molecule has 0 aliphatic carbocycles. The van der Waals surface area contributed by atoms with E-state index in [1.807, 2.05) is 6.07 Å². The monoisotopic (exact) mass is 272 g/mol. The van der Waals surface area contributed by atoms with Gasteiger partial charge in [0, 0.05) is 19.5 Å². The molecular formula is C11H13ClN2O2S. The maximum absolute atomic E-state index is 11.9. The van der Waals surface area contributed by atoms with Gasteiger partial charge in [-0.15, -0.1) is 11.6 Å². The minimum absolute atomic E-state index is 0.176. The number of nitriles is 1. The van der Waals surface area contributed by atoms with Gasteiger partial charge >= 0.3 is 0 Å². The van der Waals surface area contributed by atoms with Crippen molar-refractivity contribution in [2.24, 2.45) is 0 Å². The van der Waals surface area contributed by atoms with Crippen molar-refractivity contribution < 1.29 is 8.42 Å². The first-order valence-corrected chi connectivity index (χ1v) is 7.13. The van der Waals surface area contributed by atoms with Gasteiger partial charge in [-0.3, -0.25) is 0 Å². The number of rotatable bonds is 5. The van der Waals surface area contributed by atoms with Crippen LogP contribution >= 0.6 is 11.6 Å². The Morgan fingerprint density at radius 2 is 2.06 bits per heavy atom. The van der Waals surface area contributed by atoms with Crippen LogP contribution in [0, 0.1) is 11.3 Å². The van der Waals surface area contributed by atoms with Gasteiger partial charge in [0.25, 0.3) is 0 Å². The zero-order valence-electron chi connectivity index (χ0n) is 9.43. The smallest absolute Gasteiger partial charge is 0.212 e. The van der Waals surface area contributed by atoms with E-state index < -0.39 is 10.0 Å². The summed E-state index contributed by atoms with van der Waals surface area (Å²) >= 11 is 5.51. The summed E-state index contributed by atoms with van der Waals surface area (Å²) in [5.74, 6) is 0.0692. The molecule has 17 heavy (non-hydrogen) atoms. The third-order valence-corrected chi connectivity index (χ3v) is 4.33. The molecule has 1 aromatic rings. The van der Waals surface area contributed by atoms with Crippen molar-refractivity contribution in [3.8, 4) is 6.07 Å². The highest BCUT2D eigenvalue weighted by molar-refractivity contribution is 7.88. The number of benzene rings is 1. The lowest BCUT2D eigenvalue weighted by Crippen LogP contribution is -2.30. The Hall–Kier alpha value is -1.09. The van der Waals surface area contributed by atoms with Gasteiger partial charge in [-0.2, -0.15) is 5.26 Å². The predicted molar refractivity (Wildman–Crippen MR) is 67.1 cm³/mol. The highest BCUT2D eigenvalue weighted by atomic mass is 35.5. The van der Waals surface area contributed by atoms with Crippen LogP contribution in [0.15, 0.2) is 24.3 Å². The molecule has 1 rings (SSSR count). The molecule has 0 atom stereocenters. The van der Waals surface area contributed by atoms with E-state index in [0.717, 1.165) is 0 Å². The Morgan fingerprint density at radius 1 is 1.41 bits per heavy atom. The van der Waals surface area contributed by atoms with Crippen molar-refractivity contribution in [1.82, 2.24) is 4.31 Å². The van der Waals surface area contributed by atoms with Crippen molar-refractivity contribution in [1.29, 1.82) is 5.26 Å². The average Bonchev–Trinajstić information content (AvgIpc) is 2.29. The van der Waals surface area contributed by atoms with Gasteiger partial charge in [-0.25, -0.2) is 12.7 Å². The molecule has 0 saturated carbocycles. The second-order valence-electron chi connectivity index (χ2n) is 3.54. The number of nitrogens with zero attached hydrogens (tertiary/aromatic N) is 2. The lowest BCUT2D eigenvalue weighted by molar-refractivity contribution is 0.487. The summed E-state index contributed by atoms with van der Waals surface area (Å²) in [6.07, 6.45) is 0. The highest BCUT2D eigenvalue weighted by Gasteiger charge is 2.19. The average molecular weight is 273 g/mol. The number of alkyl halides is 1. The summed E-state index contributed by atoms with van der Waals surface area (Å²) in [6.45, 7) is 0.263. The molecule has 0 aliphatic rings. The minimum Gasteiger partial charge on any atom is -0.212 e. The first kappa shape index (κ1) is 14.0. The molecular weight excluding hydrogens is 260 g/mol. The number of hydrogen-bond acceptors (Lipinski definition) is 3. The molecule has 92 valence electrons. The van der Waals surface area contributed by atoms with Gasteiger partial charge in [-0.1, -0.05) is 18.2 Å². The second kappa shape index (κ2) is 6.01. The van der Waals surface area contributed by atoms with Crippen molar-refractivity contribution in [3.63, 3.8) is 0 Å². The SMILES string of the molecule is CN(CCCl)S(=O)(=O)Cc1ccccc1C#N. The Balaban J connectivity index is 2.95. The number of hydrogen-bond donors (Lipinski definition) is 0. The Morgan fingerprint density at radius 3 is 2.65 bits per heavy atom.